The first-order valence-electron chi connectivity index (χ1n) is 7.86. The monoisotopic (exact) mass is 358 g/mol. The largest absolute Gasteiger partial charge is 0.497 e. The van der Waals surface area contributed by atoms with Crippen LogP contribution < -0.4 is 14.4 Å². The zero-order valence-corrected chi connectivity index (χ0v) is 15.1. The highest BCUT2D eigenvalue weighted by Gasteiger charge is 2.25. The Bertz CT molecular complexity index is 894. The van der Waals surface area contributed by atoms with Gasteiger partial charge in [0.15, 0.2) is 5.75 Å². The van der Waals surface area contributed by atoms with Crippen molar-refractivity contribution in [1.82, 2.24) is 9.55 Å². The molecule has 0 unspecified atom stereocenters. The van der Waals surface area contributed by atoms with Crippen LogP contribution in [-0.2, 0) is 18.4 Å². The second-order valence-corrected chi connectivity index (χ2v) is 6.61. The highest BCUT2D eigenvalue weighted by atomic mass is 32.1. The van der Waals surface area contributed by atoms with E-state index in [9.17, 15) is 0 Å². The molecule has 0 bridgehead atoms. The molecule has 1 aliphatic rings. The first-order valence-corrected chi connectivity index (χ1v) is 8.74. The number of hydrogen-bond acceptors (Lipinski definition) is 6. The van der Waals surface area contributed by atoms with E-state index in [1.54, 1.807) is 31.9 Å². The molecular formula is C18H18N2O4S. The van der Waals surface area contributed by atoms with Gasteiger partial charge in [0.25, 0.3) is 0 Å². The van der Waals surface area contributed by atoms with Gasteiger partial charge >= 0.3 is 0 Å². The van der Waals surface area contributed by atoms with Crippen molar-refractivity contribution in [2.45, 2.75) is 6.42 Å². The zero-order chi connectivity index (χ0) is 17.4. The summed E-state index contributed by atoms with van der Waals surface area (Å²) >= 11 is 1.62. The minimum atomic E-state index is 0.575. The highest BCUT2D eigenvalue weighted by Crippen LogP contribution is 2.44. The lowest BCUT2D eigenvalue weighted by Crippen LogP contribution is -2.09. The van der Waals surface area contributed by atoms with Gasteiger partial charge in [0, 0.05) is 30.7 Å². The first-order chi connectivity index (χ1) is 12.2. The summed E-state index contributed by atoms with van der Waals surface area (Å²) in [5.74, 6) is 2.23. The zero-order valence-electron chi connectivity index (χ0n) is 14.2. The van der Waals surface area contributed by atoms with Crippen LogP contribution in [-0.4, -0.2) is 30.4 Å². The van der Waals surface area contributed by atoms with Crippen LogP contribution in [0.5, 0.6) is 17.2 Å². The Kier molecular flexibility index (Phi) is 4.10. The fraction of sp³-hybridized carbons (Fsp3) is 0.278. The van der Waals surface area contributed by atoms with E-state index in [-0.39, 0.29) is 0 Å². The number of aromatic nitrogens is 2. The molecule has 0 saturated carbocycles. The molecule has 0 spiro atoms. The van der Waals surface area contributed by atoms with Crippen LogP contribution in [0.2, 0.25) is 0 Å². The molecule has 1 aromatic carbocycles. The number of methoxy groups -OCH3 is 2. The minimum absolute atomic E-state index is 0.575. The predicted octanol–water partition coefficient (Wildman–Crippen LogP) is 3.70. The summed E-state index contributed by atoms with van der Waals surface area (Å²) in [6.45, 7) is 0.575. The number of fused-ring (bicyclic) bond motifs is 1. The van der Waals surface area contributed by atoms with Crippen molar-refractivity contribution in [3.63, 3.8) is 0 Å². The Labute approximate surface area is 149 Å². The molecule has 0 saturated heterocycles. The van der Waals surface area contributed by atoms with Crippen LogP contribution in [0.25, 0.3) is 21.8 Å². The summed E-state index contributed by atoms with van der Waals surface area (Å²) in [5, 5.41) is 2.11. The van der Waals surface area contributed by atoms with Crippen LogP contribution in [0.15, 0.2) is 29.9 Å². The topological polar surface area (TPSA) is 54.7 Å². The van der Waals surface area contributed by atoms with Gasteiger partial charge in [-0.3, -0.25) is 0 Å². The molecule has 130 valence electrons. The molecule has 6 nitrogen and oxygen atoms in total. The normalized spacial score (nSPS) is 13.2. The number of ether oxygens (including phenoxy) is 2. The molecule has 1 aliphatic heterocycles. The van der Waals surface area contributed by atoms with E-state index in [0.717, 1.165) is 51.1 Å². The molecule has 3 heterocycles. The van der Waals surface area contributed by atoms with Gasteiger partial charge in [-0.2, -0.15) is 4.89 Å². The molecule has 0 atom stereocenters. The molecule has 4 rings (SSSR count). The molecule has 2 aromatic heterocycles. The number of aryl methyl sites for hydroxylation is 1. The fourth-order valence-corrected chi connectivity index (χ4v) is 3.96. The Hall–Kier alpha value is -2.51. The third-order valence-corrected chi connectivity index (χ3v) is 5.21. The number of nitrogens with zero attached hydrogens (tertiary/aromatic N) is 2. The average molecular weight is 358 g/mol. The number of imidazole rings is 1. The van der Waals surface area contributed by atoms with E-state index in [4.69, 9.17) is 19.2 Å². The molecule has 25 heavy (non-hydrogen) atoms. The van der Waals surface area contributed by atoms with Crippen LogP contribution >= 0.6 is 11.3 Å². The average Bonchev–Trinajstić information content (AvgIpc) is 3.24. The van der Waals surface area contributed by atoms with E-state index in [1.807, 2.05) is 29.8 Å². The highest BCUT2D eigenvalue weighted by molar-refractivity contribution is 7.14. The molecule has 7 heteroatoms. The van der Waals surface area contributed by atoms with Gasteiger partial charge in [0.2, 0.25) is 0 Å². The number of rotatable bonds is 4. The van der Waals surface area contributed by atoms with E-state index in [2.05, 4.69) is 10.4 Å². The van der Waals surface area contributed by atoms with Crippen molar-refractivity contribution in [2.75, 3.05) is 20.8 Å². The Morgan fingerprint density at radius 3 is 2.64 bits per heavy atom. The maximum Gasteiger partial charge on any atom is 0.188 e. The second kappa shape index (κ2) is 6.42. The lowest BCUT2D eigenvalue weighted by molar-refractivity contribution is -0.214. The van der Waals surface area contributed by atoms with Crippen LogP contribution in [0.3, 0.4) is 0 Å². The Morgan fingerprint density at radius 2 is 1.92 bits per heavy atom. The van der Waals surface area contributed by atoms with Crippen molar-refractivity contribution in [3.8, 4) is 39.1 Å². The van der Waals surface area contributed by atoms with Crippen molar-refractivity contribution >= 4 is 11.3 Å². The molecule has 0 amide bonds. The summed E-state index contributed by atoms with van der Waals surface area (Å²) in [7, 11) is 5.25. The third-order valence-electron chi connectivity index (χ3n) is 4.19. The van der Waals surface area contributed by atoms with Gasteiger partial charge in [-0.25, -0.2) is 4.98 Å². The molecule has 0 radical (unpaired) electrons. The maximum absolute atomic E-state index is 5.45. The van der Waals surface area contributed by atoms with Crippen molar-refractivity contribution in [1.29, 1.82) is 0 Å². The van der Waals surface area contributed by atoms with E-state index < -0.39 is 0 Å². The molecule has 0 fully saturated rings. The molecule has 0 aliphatic carbocycles. The quantitative estimate of drug-likeness (QED) is 0.666. The summed E-state index contributed by atoms with van der Waals surface area (Å²) in [5.41, 5.74) is 3.95. The summed E-state index contributed by atoms with van der Waals surface area (Å²) < 4.78 is 12.8. The van der Waals surface area contributed by atoms with Crippen LogP contribution in [0, 0.1) is 0 Å². The van der Waals surface area contributed by atoms with Gasteiger partial charge in [0.05, 0.1) is 32.8 Å². The summed E-state index contributed by atoms with van der Waals surface area (Å²) in [6, 6.07) is 5.80. The van der Waals surface area contributed by atoms with Crippen LogP contribution in [0.4, 0.5) is 0 Å². The van der Waals surface area contributed by atoms with E-state index in [1.165, 1.54) is 0 Å². The Balaban J connectivity index is 1.88. The third kappa shape index (κ3) is 2.75. The number of thiophene rings is 1. The molecule has 3 aromatic rings. The van der Waals surface area contributed by atoms with E-state index >= 15 is 0 Å². The minimum Gasteiger partial charge on any atom is -0.497 e. The van der Waals surface area contributed by atoms with Crippen molar-refractivity contribution in [3.05, 3.63) is 35.5 Å². The van der Waals surface area contributed by atoms with Crippen LogP contribution in [0.1, 0.15) is 5.56 Å². The number of benzene rings is 1. The summed E-state index contributed by atoms with van der Waals surface area (Å²) in [4.78, 5) is 16.2. The second-order valence-electron chi connectivity index (χ2n) is 5.73. The lowest BCUT2D eigenvalue weighted by Gasteiger charge is -2.14. The standard InChI is InChI=1S/C18H18N2O4S/c1-20-10-19-15(18-17-11(9-25-18)4-5-23-24-17)16(20)12-6-13(21-2)8-14(7-12)22-3/h6-10H,4-5H2,1-3H3. The van der Waals surface area contributed by atoms with E-state index in [0.29, 0.717) is 6.61 Å². The SMILES string of the molecule is COc1cc(OC)cc(-c2c(-c3scc4c3OOCC4)ncn2C)c1. The van der Waals surface area contributed by atoms with Gasteiger partial charge in [-0.05, 0) is 17.5 Å². The smallest absolute Gasteiger partial charge is 0.188 e. The van der Waals surface area contributed by atoms with Gasteiger partial charge < -0.3 is 18.9 Å². The first kappa shape index (κ1) is 16.0. The lowest BCUT2D eigenvalue weighted by atomic mass is 10.1. The molecule has 0 N–H and O–H groups in total. The fourth-order valence-electron chi connectivity index (χ4n) is 2.94. The molecular weight excluding hydrogens is 340 g/mol. The Morgan fingerprint density at radius 1 is 1.16 bits per heavy atom. The van der Waals surface area contributed by atoms with Gasteiger partial charge in [0.1, 0.15) is 22.1 Å². The van der Waals surface area contributed by atoms with Crippen molar-refractivity contribution < 1.29 is 19.2 Å². The predicted molar refractivity (Wildman–Crippen MR) is 95.3 cm³/mol. The van der Waals surface area contributed by atoms with Gasteiger partial charge in [-0.1, -0.05) is 0 Å². The van der Waals surface area contributed by atoms with Crippen molar-refractivity contribution in [2.24, 2.45) is 7.05 Å². The maximum atomic E-state index is 5.45. The number of hydrogen-bond donors (Lipinski definition) is 0. The van der Waals surface area contributed by atoms with Gasteiger partial charge in [-0.15, -0.1) is 11.3 Å². The summed E-state index contributed by atoms with van der Waals surface area (Å²) in [6.07, 6.45) is 2.65.